The SMILES string of the molecule is CC1CN(C(=O)NCc2nc(C3CC3)no2)CCN1c1ccccc1. The van der Waals surface area contributed by atoms with Gasteiger partial charge in [0.2, 0.25) is 5.89 Å². The average molecular weight is 341 g/mol. The van der Waals surface area contributed by atoms with Crippen molar-refractivity contribution in [2.24, 2.45) is 0 Å². The number of nitrogens with one attached hydrogen (secondary N) is 1. The third kappa shape index (κ3) is 3.60. The Bertz CT molecular complexity index is 728. The second kappa shape index (κ2) is 6.74. The van der Waals surface area contributed by atoms with Crippen molar-refractivity contribution in [1.29, 1.82) is 0 Å². The molecule has 132 valence electrons. The Balaban J connectivity index is 1.29. The van der Waals surface area contributed by atoms with Crippen LogP contribution in [0.25, 0.3) is 0 Å². The quantitative estimate of drug-likeness (QED) is 0.924. The average Bonchev–Trinajstić information content (AvgIpc) is 3.38. The van der Waals surface area contributed by atoms with Crippen LogP contribution in [0.15, 0.2) is 34.9 Å². The van der Waals surface area contributed by atoms with E-state index in [0.29, 0.717) is 24.9 Å². The Morgan fingerprint density at radius 3 is 2.80 bits per heavy atom. The van der Waals surface area contributed by atoms with Crippen molar-refractivity contribution in [3.8, 4) is 0 Å². The molecular weight excluding hydrogens is 318 g/mol. The third-order valence-electron chi connectivity index (χ3n) is 4.82. The van der Waals surface area contributed by atoms with Crippen LogP contribution in [-0.2, 0) is 6.54 Å². The summed E-state index contributed by atoms with van der Waals surface area (Å²) in [6, 6.07) is 10.5. The number of rotatable bonds is 4. The smallest absolute Gasteiger partial charge is 0.317 e. The number of urea groups is 1. The number of para-hydroxylation sites is 1. The lowest BCUT2D eigenvalue weighted by Crippen LogP contribution is -2.55. The van der Waals surface area contributed by atoms with Gasteiger partial charge in [-0.3, -0.25) is 0 Å². The number of aromatic nitrogens is 2. The van der Waals surface area contributed by atoms with E-state index in [1.54, 1.807) is 0 Å². The highest BCUT2D eigenvalue weighted by atomic mass is 16.5. The minimum atomic E-state index is -0.0780. The molecule has 2 heterocycles. The van der Waals surface area contributed by atoms with Crippen molar-refractivity contribution in [2.45, 2.75) is 38.3 Å². The zero-order chi connectivity index (χ0) is 17.2. The van der Waals surface area contributed by atoms with Gasteiger partial charge >= 0.3 is 6.03 Å². The minimum absolute atomic E-state index is 0.0780. The second-order valence-corrected chi connectivity index (χ2v) is 6.80. The predicted molar refractivity (Wildman–Crippen MR) is 93.3 cm³/mol. The summed E-state index contributed by atoms with van der Waals surface area (Å²) in [4.78, 5) is 20.9. The van der Waals surface area contributed by atoms with Crippen molar-refractivity contribution in [1.82, 2.24) is 20.4 Å². The Kier molecular flexibility index (Phi) is 4.29. The lowest BCUT2D eigenvalue weighted by Gasteiger charge is -2.41. The van der Waals surface area contributed by atoms with Crippen molar-refractivity contribution >= 4 is 11.7 Å². The van der Waals surface area contributed by atoms with Gasteiger partial charge in [0.15, 0.2) is 5.82 Å². The Morgan fingerprint density at radius 2 is 2.08 bits per heavy atom. The number of anilines is 1. The fourth-order valence-electron chi connectivity index (χ4n) is 3.26. The number of carbonyl (C=O) groups is 1. The van der Waals surface area contributed by atoms with Crippen LogP contribution >= 0.6 is 0 Å². The summed E-state index contributed by atoms with van der Waals surface area (Å²) >= 11 is 0. The minimum Gasteiger partial charge on any atom is -0.365 e. The van der Waals surface area contributed by atoms with Gasteiger partial charge in [-0.15, -0.1) is 0 Å². The van der Waals surface area contributed by atoms with E-state index in [9.17, 15) is 4.79 Å². The molecule has 25 heavy (non-hydrogen) atoms. The van der Waals surface area contributed by atoms with Gasteiger partial charge in [0, 0.05) is 37.3 Å². The van der Waals surface area contributed by atoms with Crippen molar-refractivity contribution in [2.75, 3.05) is 24.5 Å². The molecule has 1 aliphatic carbocycles. The molecule has 1 aliphatic heterocycles. The van der Waals surface area contributed by atoms with E-state index in [0.717, 1.165) is 25.2 Å². The molecule has 2 aliphatic rings. The van der Waals surface area contributed by atoms with Crippen molar-refractivity contribution < 1.29 is 9.32 Å². The molecule has 1 N–H and O–H groups in total. The van der Waals surface area contributed by atoms with Crippen LogP contribution < -0.4 is 10.2 Å². The largest absolute Gasteiger partial charge is 0.365 e. The van der Waals surface area contributed by atoms with Crippen molar-refractivity contribution in [3.63, 3.8) is 0 Å². The molecule has 4 rings (SSSR count). The molecule has 1 aromatic heterocycles. The van der Waals surface area contributed by atoms with Gasteiger partial charge in [-0.05, 0) is 31.9 Å². The standard InChI is InChI=1S/C18H23N5O2/c1-13-12-22(9-10-23(13)15-5-3-2-4-6-15)18(24)19-11-16-20-17(21-25-16)14-7-8-14/h2-6,13-14H,7-12H2,1H3,(H,19,24). The van der Waals surface area contributed by atoms with E-state index in [4.69, 9.17) is 4.52 Å². The number of hydrogen-bond acceptors (Lipinski definition) is 5. The van der Waals surface area contributed by atoms with Crippen molar-refractivity contribution in [3.05, 3.63) is 42.0 Å². The van der Waals surface area contributed by atoms with Crippen LogP contribution in [0.2, 0.25) is 0 Å². The summed E-state index contributed by atoms with van der Waals surface area (Å²) < 4.78 is 5.20. The lowest BCUT2D eigenvalue weighted by molar-refractivity contribution is 0.184. The van der Waals surface area contributed by atoms with E-state index in [1.807, 2.05) is 23.1 Å². The molecule has 1 saturated heterocycles. The molecule has 1 atom stereocenters. The molecule has 0 radical (unpaired) electrons. The maximum Gasteiger partial charge on any atom is 0.317 e. The maximum atomic E-state index is 12.4. The van der Waals surface area contributed by atoms with Gasteiger partial charge < -0.3 is 19.6 Å². The first-order chi connectivity index (χ1) is 12.2. The molecule has 2 amide bonds. The van der Waals surface area contributed by atoms with Gasteiger partial charge in [0.1, 0.15) is 0 Å². The second-order valence-electron chi connectivity index (χ2n) is 6.80. The molecule has 0 bridgehead atoms. The summed E-state index contributed by atoms with van der Waals surface area (Å²) in [5.41, 5.74) is 1.20. The molecule has 1 aromatic carbocycles. The molecule has 2 aromatic rings. The summed E-state index contributed by atoms with van der Waals surface area (Å²) in [7, 11) is 0. The molecule has 7 nitrogen and oxygen atoms in total. The Hall–Kier alpha value is -2.57. The lowest BCUT2D eigenvalue weighted by atomic mass is 10.1. The monoisotopic (exact) mass is 341 g/mol. The van der Waals surface area contributed by atoms with E-state index in [1.165, 1.54) is 5.69 Å². The van der Waals surface area contributed by atoms with Crippen LogP contribution in [0, 0.1) is 0 Å². The van der Waals surface area contributed by atoms with Gasteiger partial charge in [-0.25, -0.2) is 4.79 Å². The van der Waals surface area contributed by atoms with Crippen LogP contribution in [0.4, 0.5) is 10.5 Å². The Morgan fingerprint density at radius 1 is 1.28 bits per heavy atom. The number of piperazine rings is 1. The number of amides is 2. The van der Waals surface area contributed by atoms with Crippen LogP contribution in [0.5, 0.6) is 0 Å². The fourth-order valence-corrected chi connectivity index (χ4v) is 3.26. The first kappa shape index (κ1) is 15.9. The highest BCUT2D eigenvalue weighted by Crippen LogP contribution is 2.38. The third-order valence-corrected chi connectivity index (χ3v) is 4.82. The number of carbonyl (C=O) groups excluding carboxylic acids is 1. The normalized spacial score (nSPS) is 20.6. The van der Waals surface area contributed by atoms with E-state index in [-0.39, 0.29) is 18.6 Å². The Labute approximate surface area is 147 Å². The van der Waals surface area contributed by atoms with Gasteiger partial charge in [0.05, 0.1) is 6.54 Å². The number of benzene rings is 1. The van der Waals surface area contributed by atoms with E-state index in [2.05, 4.69) is 39.4 Å². The molecule has 7 heteroatoms. The zero-order valence-corrected chi connectivity index (χ0v) is 14.4. The molecule has 1 unspecified atom stereocenters. The maximum absolute atomic E-state index is 12.4. The number of nitrogens with zero attached hydrogens (tertiary/aromatic N) is 4. The summed E-state index contributed by atoms with van der Waals surface area (Å²) in [6.45, 7) is 4.64. The highest BCUT2D eigenvalue weighted by Gasteiger charge is 2.29. The molecular formula is C18H23N5O2. The molecule has 0 spiro atoms. The van der Waals surface area contributed by atoms with Gasteiger partial charge in [-0.2, -0.15) is 4.98 Å². The predicted octanol–water partition coefficient (Wildman–Crippen LogP) is 2.37. The first-order valence-electron chi connectivity index (χ1n) is 8.87. The summed E-state index contributed by atoms with van der Waals surface area (Å²) in [5, 5.41) is 6.86. The van der Waals surface area contributed by atoms with E-state index >= 15 is 0 Å². The van der Waals surface area contributed by atoms with Gasteiger partial charge in [-0.1, -0.05) is 23.4 Å². The van der Waals surface area contributed by atoms with Crippen LogP contribution in [0.1, 0.15) is 37.4 Å². The first-order valence-corrected chi connectivity index (χ1v) is 8.87. The molecule has 2 fully saturated rings. The summed E-state index contributed by atoms with van der Waals surface area (Å²) in [6.07, 6.45) is 2.27. The molecule has 1 saturated carbocycles. The van der Waals surface area contributed by atoms with Gasteiger partial charge in [0.25, 0.3) is 0 Å². The van der Waals surface area contributed by atoms with Crippen LogP contribution in [0.3, 0.4) is 0 Å². The number of hydrogen-bond donors (Lipinski definition) is 1. The fraction of sp³-hybridized carbons (Fsp3) is 0.500. The van der Waals surface area contributed by atoms with Crippen LogP contribution in [-0.4, -0.2) is 46.7 Å². The zero-order valence-electron chi connectivity index (χ0n) is 14.4. The summed E-state index contributed by atoms with van der Waals surface area (Å²) in [5.74, 6) is 1.71. The van der Waals surface area contributed by atoms with E-state index < -0.39 is 0 Å². The topological polar surface area (TPSA) is 74.5 Å². The highest BCUT2D eigenvalue weighted by molar-refractivity contribution is 5.74.